The number of thioether (sulfide) groups is 1. The van der Waals surface area contributed by atoms with Crippen LogP contribution in [-0.2, 0) is 0 Å². The van der Waals surface area contributed by atoms with Gasteiger partial charge in [-0.15, -0.1) is 11.8 Å². The largest absolute Gasteiger partial charge is 0.382 e. The molecule has 1 aromatic heterocycles. The topological polar surface area (TPSA) is 54.7 Å². The van der Waals surface area contributed by atoms with Crippen molar-refractivity contribution in [2.24, 2.45) is 0 Å². The van der Waals surface area contributed by atoms with Crippen LogP contribution in [0.25, 0.3) is 22.4 Å². The third-order valence-electron chi connectivity index (χ3n) is 3.28. The van der Waals surface area contributed by atoms with Crippen molar-refractivity contribution in [1.29, 1.82) is 0 Å². The molecule has 21 heavy (non-hydrogen) atoms. The molecule has 106 valence electrons. The van der Waals surface area contributed by atoms with Gasteiger partial charge in [0.25, 0.3) is 0 Å². The number of aromatic amines is 1. The standard InChI is InChI=1S/C16H14BrN3S/c1-21-13-8-3-2-7-12(13)15-14(16(18)20-19-15)10-5-4-6-11(17)9-10/h2-9H,1H3,(H3,18,19,20). The molecule has 0 saturated carbocycles. The van der Waals surface area contributed by atoms with Crippen LogP contribution in [0.5, 0.6) is 0 Å². The first-order valence-corrected chi connectivity index (χ1v) is 8.45. The summed E-state index contributed by atoms with van der Waals surface area (Å²) in [5.74, 6) is 0.513. The van der Waals surface area contributed by atoms with Crippen LogP contribution in [0.2, 0.25) is 0 Å². The predicted molar refractivity (Wildman–Crippen MR) is 93.4 cm³/mol. The molecule has 0 amide bonds. The Morgan fingerprint density at radius 1 is 1.14 bits per heavy atom. The lowest BCUT2D eigenvalue weighted by molar-refractivity contribution is 1.10. The Kier molecular flexibility index (Phi) is 4.03. The van der Waals surface area contributed by atoms with Gasteiger partial charge in [0.2, 0.25) is 0 Å². The number of anilines is 1. The average molecular weight is 360 g/mol. The minimum absolute atomic E-state index is 0.513. The molecule has 0 atom stereocenters. The second kappa shape index (κ2) is 5.95. The summed E-state index contributed by atoms with van der Waals surface area (Å²) in [5.41, 5.74) is 10.1. The molecule has 0 saturated heterocycles. The molecule has 3 aromatic rings. The molecule has 3 N–H and O–H groups in total. The molecular formula is C16H14BrN3S. The normalized spacial score (nSPS) is 10.8. The van der Waals surface area contributed by atoms with E-state index in [0.717, 1.165) is 26.9 Å². The van der Waals surface area contributed by atoms with Gasteiger partial charge in [0, 0.05) is 14.9 Å². The third kappa shape index (κ3) is 2.71. The van der Waals surface area contributed by atoms with Gasteiger partial charge >= 0.3 is 0 Å². The molecule has 5 heteroatoms. The van der Waals surface area contributed by atoms with Gasteiger partial charge < -0.3 is 5.73 Å². The number of rotatable bonds is 3. The Bertz CT molecular complexity index is 783. The van der Waals surface area contributed by atoms with E-state index in [-0.39, 0.29) is 0 Å². The SMILES string of the molecule is CSc1ccccc1-c1[nH]nc(N)c1-c1cccc(Br)c1. The summed E-state index contributed by atoms with van der Waals surface area (Å²) in [6.45, 7) is 0. The Morgan fingerprint density at radius 3 is 2.71 bits per heavy atom. The minimum atomic E-state index is 0.513. The number of nitrogen functional groups attached to an aromatic ring is 1. The summed E-state index contributed by atoms with van der Waals surface area (Å²) in [5, 5.41) is 7.28. The summed E-state index contributed by atoms with van der Waals surface area (Å²) in [6, 6.07) is 16.3. The zero-order chi connectivity index (χ0) is 14.8. The zero-order valence-electron chi connectivity index (χ0n) is 11.4. The first-order chi connectivity index (χ1) is 10.2. The molecule has 3 nitrogen and oxygen atoms in total. The number of hydrogen-bond acceptors (Lipinski definition) is 3. The third-order valence-corrected chi connectivity index (χ3v) is 4.57. The van der Waals surface area contributed by atoms with Gasteiger partial charge in [-0.05, 0) is 30.0 Å². The van der Waals surface area contributed by atoms with Crippen molar-refractivity contribution in [1.82, 2.24) is 10.2 Å². The van der Waals surface area contributed by atoms with Gasteiger partial charge in [-0.2, -0.15) is 5.10 Å². The van der Waals surface area contributed by atoms with Crippen molar-refractivity contribution < 1.29 is 0 Å². The lowest BCUT2D eigenvalue weighted by Gasteiger charge is -2.09. The zero-order valence-corrected chi connectivity index (χ0v) is 13.8. The Balaban J connectivity index is 2.22. The quantitative estimate of drug-likeness (QED) is 0.659. The fourth-order valence-electron chi connectivity index (χ4n) is 2.34. The maximum Gasteiger partial charge on any atom is 0.153 e. The lowest BCUT2D eigenvalue weighted by Crippen LogP contribution is -1.89. The fourth-order valence-corrected chi connectivity index (χ4v) is 3.34. The van der Waals surface area contributed by atoms with Crippen LogP contribution >= 0.6 is 27.7 Å². The van der Waals surface area contributed by atoms with Gasteiger partial charge in [-0.1, -0.05) is 46.3 Å². The molecule has 0 radical (unpaired) electrons. The average Bonchev–Trinajstić information content (AvgIpc) is 2.88. The van der Waals surface area contributed by atoms with Gasteiger partial charge in [0.1, 0.15) is 0 Å². The van der Waals surface area contributed by atoms with Crippen LogP contribution in [0.15, 0.2) is 57.9 Å². The minimum Gasteiger partial charge on any atom is -0.382 e. The highest BCUT2D eigenvalue weighted by Gasteiger charge is 2.16. The molecule has 0 bridgehead atoms. The molecular weight excluding hydrogens is 346 g/mol. The fraction of sp³-hybridized carbons (Fsp3) is 0.0625. The number of nitrogens with one attached hydrogen (secondary N) is 1. The van der Waals surface area contributed by atoms with Crippen molar-refractivity contribution in [3.05, 3.63) is 53.0 Å². The van der Waals surface area contributed by atoms with Gasteiger partial charge in [0.05, 0.1) is 11.3 Å². The van der Waals surface area contributed by atoms with Crippen LogP contribution in [0.4, 0.5) is 5.82 Å². The van der Waals surface area contributed by atoms with Crippen molar-refractivity contribution in [3.63, 3.8) is 0 Å². The monoisotopic (exact) mass is 359 g/mol. The number of nitrogens with zero attached hydrogens (tertiary/aromatic N) is 1. The molecule has 0 fully saturated rings. The van der Waals surface area contributed by atoms with Crippen LogP contribution in [0.3, 0.4) is 0 Å². The molecule has 2 aromatic carbocycles. The van der Waals surface area contributed by atoms with E-state index in [1.807, 2.05) is 36.4 Å². The smallest absolute Gasteiger partial charge is 0.153 e. The van der Waals surface area contributed by atoms with E-state index in [9.17, 15) is 0 Å². The van der Waals surface area contributed by atoms with E-state index >= 15 is 0 Å². The number of benzene rings is 2. The molecule has 3 rings (SSSR count). The number of halogens is 1. The van der Waals surface area contributed by atoms with Gasteiger partial charge in [-0.3, -0.25) is 5.10 Å². The predicted octanol–water partition coefficient (Wildman–Crippen LogP) is 4.81. The van der Waals surface area contributed by atoms with Gasteiger partial charge in [0.15, 0.2) is 5.82 Å². The Morgan fingerprint density at radius 2 is 1.95 bits per heavy atom. The maximum absolute atomic E-state index is 6.09. The molecule has 0 spiro atoms. The lowest BCUT2D eigenvalue weighted by atomic mass is 10.0. The first-order valence-electron chi connectivity index (χ1n) is 6.44. The first kappa shape index (κ1) is 14.2. The molecule has 0 aliphatic carbocycles. The van der Waals surface area contributed by atoms with Crippen LogP contribution in [-0.4, -0.2) is 16.5 Å². The highest BCUT2D eigenvalue weighted by Crippen LogP contribution is 2.38. The summed E-state index contributed by atoms with van der Waals surface area (Å²) < 4.78 is 1.02. The number of aromatic nitrogens is 2. The van der Waals surface area contributed by atoms with E-state index < -0.39 is 0 Å². The van der Waals surface area contributed by atoms with E-state index in [0.29, 0.717) is 5.82 Å². The maximum atomic E-state index is 6.09. The van der Waals surface area contributed by atoms with E-state index in [2.05, 4.69) is 44.5 Å². The highest BCUT2D eigenvalue weighted by atomic mass is 79.9. The Labute approximate surface area is 136 Å². The summed E-state index contributed by atoms with van der Waals surface area (Å²) in [6.07, 6.45) is 2.07. The molecule has 0 aliphatic rings. The van der Waals surface area contributed by atoms with Crippen LogP contribution in [0.1, 0.15) is 0 Å². The van der Waals surface area contributed by atoms with Crippen LogP contribution in [0, 0.1) is 0 Å². The van der Waals surface area contributed by atoms with Crippen molar-refractivity contribution in [2.45, 2.75) is 4.90 Å². The van der Waals surface area contributed by atoms with E-state index in [1.54, 1.807) is 11.8 Å². The number of H-pyrrole nitrogens is 1. The van der Waals surface area contributed by atoms with Crippen molar-refractivity contribution in [2.75, 3.05) is 12.0 Å². The number of hydrogen-bond donors (Lipinski definition) is 2. The second-order valence-electron chi connectivity index (χ2n) is 4.57. The van der Waals surface area contributed by atoms with E-state index in [4.69, 9.17) is 5.73 Å². The summed E-state index contributed by atoms with van der Waals surface area (Å²) in [7, 11) is 0. The highest BCUT2D eigenvalue weighted by molar-refractivity contribution is 9.10. The molecule has 1 heterocycles. The summed E-state index contributed by atoms with van der Waals surface area (Å²) >= 11 is 5.21. The number of nitrogens with two attached hydrogens (primary N) is 1. The second-order valence-corrected chi connectivity index (χ2v) is 6.33. The van der Waals surface area contributed by atoms with Crippen molar-refractivity contribution in [3.8, 4) is 22.4 Å². The Hall–Kier alpha value is -1.72. The van der Waals surface area contributed by atoms with Crippen molar-refractivity contribution >= 4 is 33.5 Å². The van der Waals surface area contributed by atoms with Gasteiger partial charge in [-0.25, -0.2) is 0 Å². The molecule has 0 unspecified atom stereocenters. The summed E-state index contributed by atoms with van der Waals surface area (Å²) in [4.78, 5) is 1.19. The molecule has 0 aliphatic heterocycles. The van der Waals surface area contributed by atoms with Crippen LogP contribution < -0.4 is 5.73 Å². The van der Waals surface area contributed by atoms with E-state index in [1.165, 1.54) is 4.90 Å².